The van der Waals surface area contributed by atoms with Crippen molar-refractivity contribution in [2.45, 2.75) is 26.2 Å². The summed E-state index contributed by atoms with van der Waals surface area (Å²) in [7, 11) is 1.33. The first-order valence-electron chi connectivity index (χ1n) is 5.86. The highest BCUT2D eigenvalue weighted by molar-refractivity contribution is 7.15. The van der Waals surface area contributed by atoms with Gasteiger partial charge in [0.25, 0.3) is 0 Å². The molecule has 1 aliphatic rings. The van der Waals surface area contributed by atoms with Crippen LogP contribution in [0.1, 0.15) is 24.8 Å². The van der Waals surface area contributed by atoms with E-state index in [1.807, 2.05) is 0 Å². The molecule has 0 spiro atoms. The van der Waals surface area contributed by atoms with Crippen molar-refractivity contribution < 1.29 is 14.3 Å². The maximum atomic E-state index is 11.8. The molecule has 1 atom stereocenters. The summed E-state index contributed by atoms with van der Waals surface area (Å²) in [6, 6.07) is 0. The lowest BCUT2D eigenvalue weighted by molar-refractivity contribution is -0.145. The molecule has 98 valence electrons. The lowest BCUT2D eigenvalue weighted by Gasteiger charge is -2.11. The zero-order valence-corrected chi connectivity index (χ0v) is 11.2. The minimum absolute atomic E-state index is 0.0930. The molecule has 7 heteroatoms. The Morgan fingerprint density at radius 3 is 3.00 bits per heavy atom. The number of aryl methyl sites for hydroxylation is 1. The zero-order valence-electron chi connectivity index (χ0n) is 10.4. The van der Waals surface area contributed by atoms with E-state index in [9.17, 15) is 9.59 Å². The Hall–Kier alpha value is -1.50. The molecule has 18 heavy (non-hydrogen) atoms. The number of carbonyl (C=O) groups excluding carboxylic acids is 2. The molecule has 1 saturated heterocycles. The lowest BCUT2D eigenvalue weighted by Crippen LogP contribution is -2.26. The van der Waals surface area contributed by atoms with Crippen LogP contribution in [0.15, 0.2) is 0 Å². The molecule has 1 fully saturated rings. The number of rotatable bonds is 4. The number of carbonyl (C=O) groups is 2. The molecule has 1 aliphatic heterocycles. The van der Waals surface area contributed by atoms with Crippen LogP contribution in [0.25, 0.3) is 0 Å². The fourth-order valence-corrected chi connectivity index (χ4v) is 2.85. The van der Waals surface area contributed by atoms with Crippen molar-refractivity contribution >= 4 is 28.3 Å². The van der Waals surface area contributed by atoms with Gasteiger partial charge in [-0.2, -0.15) is 0 Å². The van der Waals surface area contributed by atoms with E-state index >= 15 is 0 Å². The van der Waals surface area contributed by atoms with Crippen molar-refractivity contribution in [1.82, 2.24) is 10.2 Å². The molecule has 2 rings (SSSR count). The highest BCUT2D eigenvalue weighted by Crippen LogP contribution is 2.28. The molecule has 1 unspecified atom stereocenters. The average Bonchev–Trinajstić information content (AvgIpc) is 2.95. The predicted octanol–water partition coefficient (Wildman–Crippen LogP) is 1.02. The number of hydrogen-bond donors (Lipinski definition) is 0. The number of methoxy groups -OCH3 is 1. The largest absolute Gasteiger partial charge is 0.469 e. The van der Waals surface area contributed by atoms with Gasteiger partial charge in [-0.15, -0.1) is 10.2 Å². The molecule has 0 N–H and O–H groups in total. The molecule has 0 bridgehead atoms. The van der Waals surface area contributed by atoms with Crippen LogP contribution in [0.4, 0.5) is 5.13 Å². The fourth-order valence-electron chi connectivity index (χ4n) is 1.89. The molecular formula is C11H15N3O3S. The van der Waals surface area contributed by atoms with E-state index in [4.69, 9.17) is 0 Å². The van der Waals surface area contributed by atoms with Gasteiger partial charge in [-0.25, -0.2) is 0 Å². The summed E-state index contributed by atoms with van der Waals surface area (Å²) in [5.74, 6) is -0.824. The highest BCUT2D eigenvalue weighted by Gasteiger charge is 2.37. The van der Waals surface area contributed by atoms with Crippen molar-refractivity contribution in [2.24, 2.45) is 5.92 Å². The van der Waals surface area contributed by atoms with Gasteiger partial charge < -0.3 is 4.74 Å². The van der Waals surface area contributed by atoms with Gasteiger partial charge in [-0.3, -0.25) is 14.5 Å². The van der Waals surface area contributed by atoms with E-state index in [0.717, 1.165) is 17.8 Å². The number of nitrogens with zero attached hydrogens (tertiary/aromatic N) is 3. The monoisotopic (exact) mass is 269 g/mol. The smallest absolute Gasteiger partial charge is 0.311 e. The summed E-state index contributed by atoms with van der Waals surface area (Å²) in [4.78, 5) is 24.8. The van der Waals surface area contributed by atoms with E-state index in [2.05, 4.69) is 21.9 Å². The zero-order chi connectivity index (χ0) is 13.1. The van der Waals surface area contributed by atoms with E-state index in [0.29, 0.717) is 11.7 Å². The van der Waals surface area contributed by atoms with E-state index in [1.54, 1.807) is 0 Å². The van der Waals surface area contributed by atoms with Crippen LogP contribution < -0.4 is 4.90 Å². The van der Waals surface area contributed by atoms with Crippen molar-refractivity contribution in [2.75, 3.05) is 18.6 Å². The van der Waals surface area contributed by atoms with Crippen LogP contribution in [0.5, 0.6) is 0 Å². The molecule has 0 aromatic carbocycles. The summed E-state index contributed by atoms with van der Waals surface area (Å²) in [6.07, 6.45) is 2.04. The van der Waals surface area contributed by atoms with Crippen molar-refractivity contribution in [3.8, 4) is 0 Å². The Kier molecular flexibility index (Phi) is 3.90. The van der Waals surface area contributed by atoms with Gasteiger partial charge >= 0.3 is 5.97 Å². The van der Waals surface area contributed by atoms with Gasteiger partial charge in [0, 0.05) is 19.4 Å². The van der Waals surface area contributed by atoms with Gasteiger partial charge in [0.05, 0.1) is 13.0 Å². The summed E-state index contributed by atoms with van der Waals surface area (Å²) >= 11 is 1.41. The Bertz CT molecular complexity index is 460. The summed E-state index contributed by atoms with van der Waals surface area (Å²) < 4.78 is 4.66. The number of hydrogen-bond acceptors (Lipinski definition) is 6. The Morgan fingerprint density at radius 2 is 2.33 bits per heavy atom. The van der Waals surface area contributed by atoms with E-state index < -0.39 is 0 Å². The number of ether oxygens (including phenoxy) is 1. The van der Waals surface area contributed by atoms with Crippen LogP contribution in [0, 0.1) is 5.92 Å². The molecule has 6 nitrogen and oxygen atoms in total. The first-order valence-corrected chi connectivity index (χ1v) is 6.68. The van der Waals surface area contributed by atoms with Crippen LogP contribution >= 0.6 is 11.3 Å². The number of amides is 1. The molecule has 0 radical (unpaired) electrons. The first-order chi connectivity index (χ1) is 8.65. The highest BCUT2D eigenvalue weighted by atomic mass is 32.1. The molecule has 1 aromatic rings. The number of anilines is 1. The van der Waals surface area contributed by atoms with Crippen LogP contribution in [-0.2, 0) is 20.7 Å². The van der Waals surface area contributed by atoms with Crippen molar-refractivity contribution in [1.29, 1.82) is 0 Å². The van der Waals surface area contributed by atoms with Gasteiger partial charge in [0.2, 0.25) is 11.0 Å². The van der Waals surface area contributed by atoms with Crippen LogP contribution in [0.2, 0.25) is 0 Å². The maximum absolute atomic E-state index is 11.8. The third-order valence-corrected chi connectivity index (χ3v) is 3.82. The predicted molar refractivity (Wildman–Crippen MR) is 66.4 cm³/mol. The molecule has 0 aliphatic carbocycles. The molecule has 1 aromatic heterocycles. The van der Waals surface area contributed by atoms with Crippen molar-refractivity contribution in [3.05, 3.63) is 5.01 Å². The normalized spacial score (nSPS) is 19.3. The topological polar surface area (TPSA) is 72.4 Å². The standard InChI is InChI=1S/C11H15N3O3S/c1-3-4-8-12-13-11(18-8)14-6-7(5-9(14)15)10(16)17-2/h7H,3-6H2,1-2H3. The Morgan fingerprint density at radius 1 is 1.56 bits per heavy atom. The summed E-state index contributed by atoms with van der Waals surface area (Å²) in [5.41, 5.74) is 0. The van der Waals surface area contributed by atoms with Crippen LogP contribution in [0.3, 0.4) is 0 Å². The van der Waals surface area contributed by atoms with Gasteiger partial charge in [-0.1, -0.05) is 18.3 Å². The average molecular weight is 269 g/mol. The Labute approximate surface area is 109 Å². The van der Waals surface area contributed by atoms with Gasteiger partial charge in [0.1, 0.15) is 5.01 Å². The third kappa shape index (κ3) is 2.50. The quantitative estimate of drug-likeness (QED) is 0.763. The van der Waals surface area contributed by atoms with Crippen LogP contribution in [-0.4, -0.2) is 35.7 Å². The second-order valence-corrected chi connectivity index (χ2v) is 5.20. The SMILES string of the molecule is CCCc1nnc(N2CC(C(=O)OC)CC2=O)s1. The lowest BCUT2D eigenvalue weighted by atomic mass is 10.1. The molecular weight excluding hydrogens is 254 g/mol. The first kappa shape index (κ1) is 12.9. The Balaban J connectivity index is 2.09. The van der Waals surface area contributed by atoms with Crippen molar-refractivity contribution in [3.63, 3.8) is 0 Å². The molecule has 2 heterocycles. The minimum Gasteiger partial charge on any atom is -0.469 e. The molecule has 1 amide bonds. The maximum Gasteiger partial charge on any atom is 0.311 e. The van der Waals surface area contributed by atoms with Gasteiger partial charge in [0.15, 0.2) is 0 Å². The van der Waals surface area contributed by atoms with E-state index in [-0.39, 0.29) is 24.2 Å². The second-order valence-electron chi connectivity index (χ2n) is 4.16. The molecule has 0 saturated carbocycles. The fraction of sp³-hybridized carbons (Fsp3) is 0.636. The summed E-state index contributed by atoms with van der Waals surface area (Å²) in [6.45, 7) is 2.40. The summed E-state index contributed by atoms with van der Waals surface area (Å²) in [5, 5.41) is 9.54. The third-order valence-electron chi connectivity index (χ3n) is 2.81. The van der Waals surface area contributed by atoms with E-state index in [1.165, 1.54) is 23.3 Å². The minimum atomic E-state index is -0.388. The number of esters is 1. The second kappa shape index (κ2) is 5.43. The van der Waals surface area contributed by atoms with Gasteiger partial charge in [-0.05, 0) is 6.42 Å². The number of aromatic nitrogens is 2.